The lowest BCUT2D eigenvalue weighted by molar-refractivity contribution is 0.791. The van der Waals surface area contributed by atoms with Crippen LogP contribution in [0.15, 0.2) is 66.3 Å². The van der Waals surface area contributed by atoms with Gasteiger partial charge in [-0.3, -0.25) is 9.97 Å². The highest BCUT2D eigenvalue weighted by Gasteiger charge is 2.53. The number of rotatable bonds is 0. The first kappa shape index (κ1) is 13.8. The molecular weight excluding hydrogens is 348 g/mol. The van der Waals surface area contributed by atoms with E-state index >= 15 is 0 Å². The summed E-state index contributed by atoms with van der Waals surface area (Å²) in [4.78, 5) is 10.7. The predicted molar refractivity (Wildman–Crippen MR) is 101 cm³/mol. The molecule has 0 atom stereocenters. The summed E-state index contributed by atoms with van der Waals surface area (Å²) in [6.07, 6.45) is 3.69. The third-order valence-corrected chi connectivity index (χ3v) is 6.53. The van der Waals surface area contributed by atoms with E-state index in [1.54, 1.807) is 11.3 Å². The zero-order valence-electron chi connectivity index (χ0n) is 13.0. The molecule has 0 saturated heterocycles. The van der Waals surface area contributed by atoms with Gasteiger partial charge in [0.05, 0.1) is 16.8 Å². The zero-order valence-corrected chi connectivity index (χ0v) is 14.6. The SMILES string of the molecule is Clc1ccc2c(c1)C1(c3cccnc3-c3ncccc31)c1ccsc1-2. The Balaban J connectivity index is 1.88. The molecule has 0 fully saturated rings. The van der Waals surface area contributed by atoms with Crippen molar-refractivity contribution in [2.24, 2.45) is 0 Å². The molecule has 4 heteroatoms. The monoisotopic (exact) mass is 358 g/mol. The maximum Gasteiger partial charge on any atom is 0.0937 e. The summed E-state index contributed by atoms with van der Waals surface area (Å²) < 4.78 is 0. The van der Waals surface area contributed by atoms with Crippen LogP contribution in [0.25, 0.3) is 21.8 Å². The Hall–Kier alpha value is -2.49. The molecule has 2 aliphatic carbocycles. The van der Waals surface area contributed by atoms with E-state index in [-0.39, 0.29) is 5.41 Å². The van der Waals surface area contributed by atoms with Gasteiger partial charge in [0, 0.05) is 22.3 Å². The van der Waals surface area contributed by atoms with Gasteiger partial charge in [-0.2, -0.15) is 0 Å². The number of fused-ring (bicyclic) bond motifs is 10. The number of hydrogen-bond donors (Lipinski definition) is 0. The number of pyridine rings is 2. The topological polar surface area (TPSA) is 25.8 Å². The van der Waals surface area contributed by atoms with Crippen molar-refractivity contribution in [1.29, 1.82) is 0 Å². The van der Waals surface area contributed by atoms with Gasteiger partial charge in [0.2, 0.25) is 0 Å². The maximum absolute atomic E-state index is 6.42. The molecule has 0 bridgehead atoms. The molecule has 25 heavy (non-hydrogen) atoms. The molecule has 2 nitrogen and oxygen atoms in total. The first-order chi connectivity index (χ1) is 12.3. The predicted octanol–water partition coefficient (Wildman–Crippen LogP) is 5.54. The van der Waals surface area contributed by atoms with Crippen molar-refractivity contribution in [2.45, 2.75) is 5.41 Å². The summed E-state index contributed by atoms with van der Waals surface area (Å²) in [6.45, 7) is 0. The molecule has 1 spiro atoms. The summed E-state index contributed by atoms with van der Waals surface area (Å²) in [5, 5.41) is 2.94. The van der Waals surface area contributed by atoms with Gasteiger partial charge < -0.3 is 0 Å². The summed E-state index contributed by atoms with van der Waals surface area (Å²) >= 11 is 8.21. The zero-order chi connectivity index (χ0) is 16.6. The van der Waals surface area contributed by atoms with Crippen molar-refractivity contribution in [2.75, 3.05) is 0 Å². The van der Waals surface area contributed by atoms with Crippen molar-refractivity contribution in [3.8, 4) is 21.8 Å². The molecule has 0 aliphatic heterocycles. The smallest absolute Gasteiger partial charge is 0.0937 e. The van der Waals surface area contributed by atoms with Gasteiger partial charge in [0.1, 0.15) is 0 Å². The average Bonchev–Trinajstić information content (AvgIpc) is 3.29. The molecule has 3 heterocycles. The van der Waals surface area contributed by atoms with Crippen molar-refractivity contribution >= 4 is 22.9 Å². The highest BCUT2D eigenvalue weighted by Crippen LogP contribution is 2.63. The second-order valence-corrected chi connectivity index (χ2v) is 7.75. The van der Waals surface area contributed by atoms with Crippen LogP contribution in [0, 0.1) is 0 Å². The number of thiophene rings is 1. The van der Waals surface area contributed by atoms with E-state index < -0.39 is 0 Å². The number of aromatic nitrogens is 2. The minimum absolute atomic E-state index is 0.358. The van der Waals surface area contributed by atoms with Crippen LogP contribution in [0.5, 0.6) is 0 Å². The van der Waals surface area contributed by atoms with Crippen LogP contribution in [-0.2, 0) is 5.41 Å². The highest BCUT2D eigenvalue weighted by molar-refractivity contribution is 7.14. The molecule has 0 amide bonds. The van der Waals surface area contributed by atoms with Gasteiger partial charge >= 0.3 is 0 Å². The normalized spacial score (nSPS) is 14.9. The van der Waals surface area contributed by atoms with Crippen LogP contribution in [0.1, 0.15) is 22.3 Å². The minimum atomic E-state index is -0.358. The fourth-order valence-electron chi connectivity index (χ4n) is 4.50. The lowest BCUT2D eigenvalue weighted by Crippen LogP contribution is -2.25. The van der Waals surface area contributed by atoms with E-state index in [1.165, 1.54) is 32.7 Å². The van der Waals surface area contributed by atoms with Crippen LogP contribution in [0.4, 0.5) is 0 Å². The lowest BCUT2D eigenvalue weighted by Gasteiger charge is -2.29. The third-order valence-electron chi connectivity index (χ3n) is 5.35. The fourth-order valence-corrected chi connectivity index (χ4v) is 5.67. The Kier molecular flexibility index (Phi) is 2.51. The fraction of sp³-hybridized carbons (Fsp3) is 0.0476. The van der Waals surface area contributed by atoms with Crippen LogP contribution >= 0.6 is 22.9 Å². The minimum Gasteiger partial charge on any atom is -0.254 e. The Morgan fingerprint density at radius 3 is 2.24 bits per heavy atom. The van der Waals surface area contributed by atoms with Gasteiger partial charge in [-0.05, 0) is 63.5 Å². The van der Waals surface area contributed by atoms with Gasteiger partial charge in [0.25, 0.3) is 0 Å². The molecule has 118 valence electrons. The van der Waals surface area contributed by atoms with Gasteiger partial charge in [-0.25, -0.2) is 0 Å². The van der Waals surface area contributed by atoms with Crippen molar-refractivity contribution in [3.05, 3.63) is 93.6 Å². The van der Waals surface area contributed by atoms with E-state index in [0.717, 1.165) is 16.4 Å². The Labute approximate surface area is 153 Å². The molecule has 0 saturated carbocycles. The summed E-state index contributed by atoms with van der Waals surface area (Å²) in [7, 11) is 0. The Morgan fingerprint density at radius 2 is 1.52 bits per heavy atom. The lowest BCUT2D eigenvalue weighted by atomic mass is 9.71. The summed E-state index contributed by atoms with van der Waals surface area (Å²) in [5.41, 5.74) is 7.81. The van der Waals surface area contributed by atoms with E-state index in [1.807, 2.05) is 30.6 Å². The van der Waals surface area contributed by atoms with Crippen LogP contribution in [0.3, 0.4) is 0 Å². The average molecular weight is 359 g/mol. The van der Waals surface area contributed by atoms with E-state index in [2.05, 4.69) is 45.7 Å². The molecule has 0 N–H and O–H groups in total. The third kappa shape index (κ3) is 1.47. The molecule has 2 aliphatic rings. The second kappa shape index (κ2) is 4.57. The Morgan fingerprint density at radius 1 is 0.800 bits per heavy atom. The Bertz CT molecular complexity index is 1130. The van der Waals surface area contributed by atoms with Crippen molar-refractivity contribution in [1.82, 2.24) is 9.97 Å². The quantitative estimate of drug-likeness (QED) is 0.356. The molecule has 0 radical (unpaired) electrons. The molecular formula is C21H11ClN2S. The molecule has 4 aromatic rings. The standard InChI is InChI=1S/C21H11ClN2S/c22-12-5-6-13-17(11-12)21(16-7-10-25-20(13)16)14-3-1-8-23-18(14)19-15(21)4-2-9-24-19/h1-11H. The van der Waals surface area contributed by atoms with Gasteiger partial charge in [-0.1, -0.05) is 29.8 Å². The second-order valence-electron chi connectivity index (χ2n) is 6.40. The molecule has 0 unspecified atom stereocenters. The van der Waals surface area contributed by atoms with Crippen LogP contribution in [0.2, 0.25) is 5.02 Å². The highest BCUT2D eigenvalue weighted by atomic mass is 35.5. The van der Waals surface area contributed by atoms with Crippen molar-refractivity contribution in [3.63, 3.8) is 0 Å². The van der Waals surface area contributed by atoms with Gasteiger partial charge in [0.15, 0.2) is 0 Å². The van der Waals surface area contributed by atoms with E-state index in [9.17, 15) is 0 Å². The number of nitrogens with zero attached hydrogens (tertiary/aromatic N) is 2. The molecule has 1 aromatic carbocycles. The summed E-state index contributed by atoms with van der Waals surface area (Å²) in [5.74, 6) is 0. The number of benzene rings is 1. The first-order valence-corrected chi connectivity index (χ1v) is 9.37. The van der Waals surface area contributed by atoms with Crippen LogP contribution < -0.4 is 0 Å². The maximum atomic E-state index is 6.42. The number of halogens is 1. The summed E-state index contributed by atoms with van der Waals surface area (Å²) in [6, 6.07) is 16.9. The first-order valence-electron chi connectivity index (χ1n) is 8.11. The molecule has 3 aromatic heterocycles. The van der Waals surface area contributed by atoms with Gasteiger partial charge in [-0.15, -0.1) is 11.3 Å². The largest absolute Gasteiger partial charge is 0.254 e. The number of hydrogen-bond acceptors (Lipinski definition) is 3. The van der Waals surface area contributed by atoms with Crippen LogP contribution in [-0.4, -0.2) is 9.97 Å². The van der Waals surface area contributed by atoms with Crippen molar-refractivity contribution < 1.29 is 0 Å². The van der Waals surface area contributed by atoms with E-state index in [4.69, 9.17) is 11.6 Å². The van der Waals surface area contributed by atoms with E-state index in [0.29, 0.717) is 0 Å². The molecule has 6 rings (SSSR count).